The van der Waals surface area contributed by atoms with E-state index < -0.39 is 43.3 Å². The van der Waals surface area contributed by atoms with Gasteiger partial charge in [0.2, 0.25) is 0 Å². The summed E-state index contributed by atoms with van der Waals surface area (Å²) >= 11 is 0. The first-order valence-corrected chi connectivity index (χ1v) is 8.34. The van der Waals surface area contributed by atoms with Crippen LogP contribution in [-0.4, -0.2) is 82.0 Å². The molecule has 152 valence electrons. The number of carbonyl (C=O) groups excluding carboxylic acids is 1. The van der Waals surface area contributed by atoms with E-state index in [-0.39, 0.29) is 30.1 Å². The second-order valence-corrected chi connectivity index (χ2v) is 5.99. The average molecular weight is 395 g/mol. The van der Waals surface area contributed by atoms with E-state index in [2.05, 4.69) is 0 Å². The fourth-order valence-electron chi connectivity index (χ4n) is 2.41. The van der Waals surface area contributed by atoms with Crippen molar-refractivity contribution in [1.82, 2.24) is 0 Å². The first-order chi connectivity index (χ1) is 13.4. The lowest BCUT2D eigenvalue weighted by Crippen LogP contribution is -2.59. The van der Waals surface area contributed by atoms with Crippen molar-refractivity contribution in [1.29, 1.82) is 5.26 Å². The molecule has 10 heteroatoms. The number of benzene rings is 1. The van der Waals surface area contributed by atoms with Crippen molar-refractivity contribution >= 4 is 5.97 Å². The second-order valence-electron chi connectivity index (χ2n) is 5.99. The van der Waals surface area contributed by atoms with E-state index in [1.54, 1.807) is 0 Å². The van der Waals surface area contributed by atoms with Gasteiger partial charge in [-0.15, -0.1) is 0 Å². The van der Waals surface area contributed by atoms with Crippen LogP contribution in [0, 0.1) is 11.3 Å². The van der Waals surface area contributed by atoms with Gasteiger partial charge >= 0.3 is 5.97 Å². The number of hydrogen-bond acceptors (Lipinski definition) is 10. The Morgan fingerprint density at radius 1 is 1.18 bits per heavy atom. The molecule has 0 radical (unpaired) electrons. The van der Waals surface area contributed by atoms with Crippen LogP contribution in [0.25, 0.3) is 0 Å². The number of aliphatic hydroxyl groups is 4. The van der Waals surface area contributed by atoms with Crippen LogP contribution >= 0.6 is 0 Å². The van der Waals surface area contributed by atoms with E-state index in [9.17, 15) is 25.2 Å². The Balaban J connectivity index is 1.86. The number of phenolic OH excluding ortho intramolecular Hbond substituents is 1. The molecule has 0 unspecified atom stereocenters. The predicted molar refractivity (Wildman–Crippen MR) is 91.8 cm³/mol. The van der Waals surface area contributed by atoms with Crippen LogP contribution in [0.15, 0.2) is 35.9 Å². The molecule has 5 N–H and O–H groups in total. The Labute approximate surface area is 160 Å². The van der Waals surface area contributed by atoms with Gasteiger partial charge in [0.25, 0.3) is 0 Å². The molecule has 5 atom stereocenters. The minimum atomic E-state index is -1.57. The van der Waals surface area contributed by atoms with Crippen LogP contribution in [-0.2, 0) is 14.2 Å². The Morgan fingerprint density at radius 3 is 2.46 bits per heavy atom. The number of rotatable bonds is 7. The van der Waals surface area contributed by atoms with Crippen molar-refractivity contribution in [2.45, 2.75) is 30.7 Å². The number of nitriles is 1. The van der Waals surface area contributed by atoms with Gasteiger partial charge < -0.3 is 39.7 Å². The predicted octanol–water partition coefficient (Wildman–Crippen LogP) is -1.18. The fourth-order valence-corrected chi connectivity index (χ4v) is 2.41. The van der Waals surface area contributed by atoms with E-state index >= 15 is 0 Å². The Hall–Kier alpha value is -2.52. The SMILES string of the molecule is N#C/C(=C\CO[C@@H]1O[C@H](CO)[C@@H](O)[C@H](O)[C@H]1O)COC(=O)c1ccc(O)cc1. The third-order valence-electron chi connectivity index (χ3n) is 4.04. The Kier molecular flexibility index (Phi) is 7.89. The highest BCUT2D eigenvalue weighted by atomic mass is 16.7. The number of aliphatic hydroxyl groups excluding tert-OH is 4. The highest BCUT2D eigenvalue weighted by Crippen LogP contribution is 2.22. The van der Waals surface area contributed by atoms with Crippen molar-refractivity contribution in [2.24, 2.45) is 0 Å². The van der Waals surface area contributed by atoms with E-state index in [1.165, 1.54) is 30.3 Å². The maximum absolute atomic E-state index is 11.9. The third-order valence-corrected chi connectivity index (χ3v) is 4.04. The van der Waals surface area contributed by atoms with Crippen LogP contribution in [0.4, 0.5) is 0 Å². The molecule has 1 saturated heterocycles. The van der Waals surface area contributed by atoms with E-state index in [0.29, 0.717) is 0 Å². The molecule has 1 aliphatic rings. The Bertz CT molecular complexity index is 726. The normalized spacial score (nSPS) is 27.8. The molecule has 1 heterocycles. The highest BCUT2D eigenvalue weighted by Gasteiger charge is 2.43. The zero-order valence-electron chi connectivity index (χ0n) is 14.7. The summed E-state index contributed by atoms with van der Waals surface area (Å²) in [6.07, 6.45) is -5.75. The van der Waals surface area contributed by atoms with Crippen molar-refractivity contribution in [2.75, 3.05) is 19.8 Å². The monoisotopic (exact) mass is 395 g/mol. The molecule has 10 nitrogen and oxygen atoms in total. The molecule has 1 fully saturated rings. The molecule has 2 rings (SSSR count). The molecule has 0 aromatic heterocycles. The number of nitrogens with zero attached hydrogens (tertiary/aromatic N) is 1. The van der Waals surface area contributed by atoms with Gasteiger partial charge in [-0.05, 0) is 30.3 Å². The molecule has 1 aliphatic heterocycles. The largest absolute Gasteiger partial charge is 0.508 e. The molecule has 1 aromatic carbocycles. The lowest BCUT2D eigenvalue weighted by molar-refractivity contribution is -0.298. The van der Waals surface area contributed by atoms with Gasteiger partial charge in [0.1, 0.15) is 36.8 Å². The molecule has 0 spiro atoms. The van der Waals surface area contributed by atoms with Crippen LogP contribution in [0.1, 0.15) is 10.4 Å². The standard InChI is InChI=1S/C18H21NO9/c19-7-10(9-27-17(25)11-1-3-12(21)4-2-11)5-6-26-18-16(24)15(23)14(22)13(8-20)28-18/h1-5,13-16,18,20-24H,6,8-9H2/b10-5+/t13-,14-,15+,16-,18-/m1/s1. The van der Waals surface area contributed by atoms with Gasteiger partial charge in [0, 0.05) is 0 Å². The van der Waals surface area contributed by atoms with Crippen LogP contribution in [0.3, 0.4) is 0 Å². The second kappa shape index (κ2) is 10.1. The highest BCUT2D eigenvalue weighted by molar-refractivity contribution is 5.89. The third kappa shape index (κ3) is 5.49. The smallest absolute Gasteiger partial charge is 0.338 e. The van der Waals surface area contributed by atoms with E-state index in [1.807, 2.05) is 6.07 Å². The van der Waals surface area contributed by atoms with Crippen molar-refractivity contribution < 1.29 is 44.5 Å². The Morgan fingerprint density at radius 2 is 1.86 bits per heavy atom. The fraction of sp³-hybridized carbons (Fsp3) is 0.444. The summed E-state index contributed by atoms with van der Waals surface area (Å²) < 4.78 is 15.4. The molecule has 0 bridgehead atoms. The number of phenols is 1. The maximum atomic E-state index is 11.9. The number of hydrogen-bond donors (Lipinski definition) is 5. The molecular weight excluding hydrogens is 374 g/mol. The van der Waals surface area contributed by atoms with Crippen molar-refractivity contribution in [3.05, 3.63) is 41.5 Å². The summed E-state index contributed by atoms with van der Waals surface area (Å²) in [5, 5.41) is 56.6. The van der Waals surface area contributed by atoms with Gasteiger partial charge in [-0.25, -0.2) is 4.79 Å². The summed E-state index contributed by atoms with van der Waals surface area (Å²) in [5.41, 5.74) is 0.268. The molecule has 0 saturated carbocycles. The summed E-state index contributed by atoms with van der Waals surface area (Å²) in [6, 6.07) is 7.23. The first kappa shape index (κ1) is 21.8. The topological polar surface area (TPSA) is 170 Å². The van der Waals surface area contributed by atoms with Crippen LogP contribution in [0.5, 0.6) is 5.75 Å². The minimum Gasteiger partial charge on any atom is -0.508 e. The van der Waals surface area contributed by atoms with Crippen molar-refractivity contribution in [3.63, 3.8) is 0 Å². The lowest BCUT2D eigenvalue weighted by Gasteiger charge is -2.39. The minimum absolute atomic E-state index is 0.000461. The molecule has 0 amide bonds. The van der Waals surface area contributed by atoms with Crippen LogP contribution in [0.2, 0.25) is 0 Å². The molecule has 0 aliphatic carbocycles. The number of aromatic hydroxyl groups is 1. The quantitative estimate of drug-likeness (QED) is 0.279. The van der Waals surface area contributed by atoms with Gasteiger partial charge in [0.05, 0.1) is 30.4 Å². The van der Waals surface area contributed by atoms with Crippen molar-refractivity contribution in [3.8, 4) is 11.8 Å². The first-order valence-electron chi connectivity index (χ1n) is 8.34. The summed E-state index contributed by atoms with van der Waals surface area (Å²) in [5.74, 6) is -0.685. The zero-order valence-corrected chi connectivity index (χ0v) is 14.7. The molecule has 1 aromatic rings. The summed E-state index contributed by atoms with van der Waals surface area (Å²) in [7, 11) is 0. The molecule has 28 heavy (non-hydrogen) atoms. The summed E-state index contributed by atoms with van der Waals surface area (Å²) in [4.78, 5) is 11.9. The number of carbonyl (C=O) groups is 1. The average Bonchev–Trinajstić information content (AvgIpc) is 2.70. The van der Waals surface area contributed by atoms with E-state index in [4.69, 9.17) is 24.6 Å². The summed E-state index contributed by atoms with van der Waals surface area (Å²) in [6.45, 7) is -1.13. The van der Waals surface area contributed by atoms with Gasteiger partial charge in [0.15, 0.2) is 6.29 Å². The lowest BCUT2D eigenvalue weighted by atomic mass is 9.99. The van der Waals surface area contributed by atoms with Gasteiger partial charge in [-0.1, -0.05) is 0 Å². The van der Waals surface area contributed by atoms with Gasteiger partial charge in [-0.3, -0.25) is 0 Å². The zero-order chi connectivity index (χ0) is 20.7. The number of esters is 1. The maximum Gasteiger partial charge on any atom is 0.338 e. The number of ether oxygens (including phenoxy) is 3. The van der Waals surface area contributed by atoms with Crippen LogP contribution < -0.4 is 0 Å². The van der Waals surface area contributed by atoms with E-state index in [0.717, 1.165) is 0 Å². The van der Waals surface area contributed by atoms with Gasteiger partial charge in [-0.2, -0.15) is 5.26 Å². The molecular formula is C18H21NO9.